The molecule has 2 aliphatic rings. The van der Waals surface area contributed by atoms with E-state index in [1.807, 2.05) is 0 Å². The Balaban J connectivity index is 1.65. The molecule has 4 heterocycles. The number of aromatic nitrogens is 4. The van der Waals surface area contributed by atoms with Gasteiger partial charge in [-0.25, -0.2) is 18.4 Å². The number of halogens is 2. The van der Waals surface area contributed by atoms with Gasteiger partial charge in [0.1, 0.15) is 31.0 Å². The highest BCUT2D eigenvalue weighted by atomic mass is 35.5. The summed E-state index contributed by atoms with van der Waals surface area (Å²) in [6, 6.07) is 0. The minimum absolute atomic E-state index is 0.0538. The van der Waals surface area contributed by atoms with Gasteiger partial charge in [-0.3, -0.25) is 4.57 Å². The maximum Gasteiger partial charge on any atom is 0.225 e. The molecule has 5 atom stereocenters. The lowest BCUT2D eigenvalue weighted by Crippen LogP contribution is -2.36. The lowest BCUT2D eigenvalue weighted by atomic mass is 10.1. The number of ether oxygens (including phenoxy) is 4. The minimum Gasteiger partial charge on any atom is -0.352 e. The molecule has 0 aromatic carbocycles. The first kappa shape index (κ1) is 25.2. The normalized spacial score (nSPS) is 28.3. The summed E-state index contributed by atoms with van der Waals surface area (Å²) >= 11 is 12.1. The van der Waals surface area contributed by atoms with E-state index in [-0.39, 0.29) is 22.8 Å². The molecular weight excluding hydrogens is 518 g/mol. The van der Waals surface area contributed by atoms with Crippen molar-refractivity contribution in [3.8, 4) is 0 Å². The van der Waals surface area contributed by atoms with Gasteiger partial charge in [-0.15, -0.1) is 0 Å². The van der Waals surface area contributed by atoms with Crippen molar-refractivity contribution in [1.29, 1.82) is 0 Å². The van der Waals surface area contributed by atoms with Crippen molar-refractivity contribution in [2.75, 3.05) is 25.7 Å². The molecule has 0 aliphatic carbocycles. The minimum atomic E-state index is -3.72. The first-order valence-corrected chi connectivity index (χ1v) is 15.3. The molecule has 2 saturated heterocycles. The van der Waals surface area contributed by atoms with Gasteiger partial charge in [0.2, 0.25) is 10.5 Å². The molecule has 2 aromatic heterocycles. The lowest BCUT2D eigenvalue weighted by molar-refractivity contribution is -0.201. The van der Waals surface area contributed by atoms with Crippen molar-refractivity contribution in [3.05, 3.63) is 16.8 Å². The Bertz CT molecular complexity index is 1220. The molecule has 1 unspecified atom stereocenters. The van der Waals surface area contributed by atoms with Crippen LogP contribution in [0.1, 0.15) is 27.0 Å². The quantitative estimate of drug-likeness (QED) is 0.292. The van der Waals surface area contributed by atoms with Crippen molar-refractivity contribution < 1.29 is 31.9 Å². The molecule has 0 bridgehead atoms. The van der Waals surface area contributed by atoms with Crippen molar-refractivity contribution >= 4 is 51.3 Å². The Morgan fingerprint density at radius 3 is 2.55 bits per heavy atom. The monoisotopic (exact) mass is 542 g/mol. The Labute approximate surface area is 201 Å². The Hall–Kier alpha value is -0.850. The van der Waals surface area contributed by atoms with Gasteiger partial charge in [-0.1, -0.05) is 18.5 Å². The highest BCUT2D eigenvalue weighted by Gasteiger charge is 2.56. The van der Waals surface area contributed by atoms with Crippen LogP contribution in [0.15, 0.2) is 6.33 Å². The first-order valence-electron chi connectivity index (χ1n) is 10.2. The molecule has 0 saturated carbocycles. The second-order valence-electron chi connectivity index (χ2n) is 8.76. The molecule has 2 fully saturated rings. The standard InChI is InChI=1S/C18H25Cl2N4O7PS/c1-6-33(26,27)17(32(4,5)25)28-7-9-11-12(31-18(2,3)30-11)15(29-9)24-8-21-10-13(19)22-16(20)23-14(10)24/h8-9,11-12,15,17H,6-7H2,1-5H3/t9-,11-,12-,15-,17?/m1/s1. The van der Waals surface area contributed by atoms with E-state index in [2.05, 4.69) is 15.0 Å². The summed E-state index contributed by atoms with van der Waals surface area (Å²) in [5, 5.41) is -1.40. The molecule has 0 radical (unpaired) electrons. The predicted octanol–water partition coefficient (Wildman–Crippen LogP) is 2.91. The second-order valence-corrected chi connectivity index (χ2v) is 15.5. The summed E-state index contributed by atoms with van der Waals surface area (Å²) < 4.78 is 63.3. The van der Waals surface area contributed by atoms with Crippen LogP contribution in [0.4, 0.5) is 0 Å². The van der Waals surface area contributed by atoms with Crippen LogP contribution in [-0.4, -0.2) is 82.9 Å². The molecule has 11 nitrogen and oxygen atoms in total. The summed E-state index contributed by atoms with van der Waals surface area (Å²) in [6.45, 7) is 7.61. The topological polar surface area (TPSA) is 132 Å². The zero-order valence-corrected chi connectivity index (χ0v) is 21.9. The van der Waals surface area contributed by atoms with E-state index in [4.69, 9.17) is 42.1 Å². The lowest BCUT2D eigenvalue weighted by Gasteiger charge is -2.26. The molecule has 2 aliphatic heterocycles. The van der Waals surface area contributed by atoms with Crippen LogP contribution in [0, 0.1) is 0 Å². The van der Waals surface area contributed by atoms with Gasteiger partial charge in [0.05, 0.1) is 18.7 Å². The summed E-state index contributed by atoms with van der Waals surface area (Å²) in [7, 11) is -6.85. The first-order chi connectivity index (χ1) is 15.2. The molecule has 4 rings (SSSR count). The van der Waals surface area contributed by atoms with E-state index in [0.717, 1.165) is 0 Å². The number of nitrogens with zero attached hydrogens (tertiary/aromatic N) is 4. The Kier molecular flexibility index (Phi) is 6.63. The van der Waals surface area contributed by atoms with Gasteiger partial charge < -0.3 is 23.5 Å². The Morgan fingerprint density at radius 2 is 1.91 bits per heavy atom. The van der Waals surface area contributed by atoms with E-state index >= 15 is 0 Å². The van der Waals surface area contributed by atoms with Gasteiger partial charge >= 0.3 is 0 Å². The Morgan fingerprint density at radius 1 is 1.24 bits per heavy atom. The molecule has 15 heteroatoms. The van der Waals surface area contributed by atoms with Crippen LogP contribution in [-0.2, 0) is 33.3 Å². The van der Waals surface area contributed by atoms with Gasteiger partial charge in [0.25, 0.3) is 0 Å². The smallest absolute Gasteiger partial charge is 0.225 e. The van der Waals surface area contributed by atoms with Crippen molar-refractivity contribution in [3.63, 3.8) is 0 Å². The van der Waals surface area contributed by atoms with E-state index < -0.39 is 52.5 Å². The fourth-order valence-electron chi connectivity index (χ4n) is 4.05. The van der Waals surface area contributed by atoms with Crippen LogP contribution in [0.3, 0.4) is 0 Å². The van der Waals surface area contributed by atoms with E-state index in [1.165, 1.54) is 26.6 Å². The molecule has 33 heavy (non-hydrogen) atoms. The molecular formula is C18H25Cl2N4O7PS. The highest BCUT2D eigenvalue weighted by Crippen LogP contribution is 2.48. The van der Waals surface area contributed by atoms with Gasteiger partial charge in [-0.05, 0) is 38.8 Å². The fourth-order valence-corrected chi connectivity index (χ4v) is 9.03. The van der Waals surface area contributed by atoms with Crippen LogP contribution in [0.2, 0.25) is 10.4 Å². The van der Waals surface area contributed by atoms with Gasteiger partial charge in [0, 0.05) is 0 Å². The van der Waals surface area contributed by atoms with Crippen LogP contribution < -0.4 is 0 Å². The van der Waals surface area contributed by atoms with Crippen molar-refractivity contribution in [2.24, 2.45) is 0 Å². The van der Waals surface area contributed by atoms with Crippen molar-refractivity contribution in [1.82, 2.24) is 19.5 Å². The number of sulfone groups is 1. The summed E-state index contributed by atoms with van der Waals surface area (Å²) in [6.07, 6.45) is -1.15. The SMILES string of the molecule is CCS(=O)(=O)C(OC[C@H]1O[C@@H](n2cnc3c(Cl)nc(Cl)nc32)[C@@H]2OC(C)(C)O[C@@H]21)P(C)(C)=O. The number of rotatable bonds is 7. The molecule has 2 aromatic rings. The largest absolute Gasteiger partial charge is 0.352 e. The average molecular weight is 543 g/mol. The highest BCUT2D eigenvalue weighted by molar-refractivity contribution is 7.99. The number of hydrogen-bond acceptors (Lipinski definition) is 10. The van der Waals surface area contributed by atoms with Crippen LogP contribution in [0.25, 0.3) is 11.2 Å². The molecule has 0 N–H and O–H groups in total. The van der Waals surface area contributed by atoms with Gasteiger partial charge in [0.15, 0.2) is 32.7 Å². The fraction of sp³-hybridized carbons (Fsp3) is 0.722. The summed E-state index contributed by atoms with van der Waals surface area (Å²) in [4.78, 5) is 12.4. The molecule has 0 spiro atoms. The summed E-state index contributed by atoms with van der Waals surface area (Å²) in [5.74, 6) is -1.12. The van der Waals surface area contributed by atoms with E-state index in [9.17, 15) is 13.0 Å². The van der Waals surface area contributed by atoms with Gasteiger partial charge in [-0.2, -0.15) is 4.98 Å². The van der Waals surface area contributed by atoms with Crippen LogP contribution in [0.5, 0.6) is 0 Å². The third-order valence-corrected chi connectivity index (χ3v) is 11.0. The van der Waals surface area contributed by atoms with Crippen molar-refractivity contribution in [2.45, 2.75) is 56.3 Å². The number of hydrogen-bond donors (Lipinski definition) is 0. The predicted molar refractivity (Wildman–Crippen MR) is 122 cm³/mol. The maximum atomic E-state index is 12.7. The second kappa shape index (κ2) is 8.67. The number of imidazole rings is 1. The van der Waals surface area contributed by atoms with E-state index in [1.54, 1.807) is 18.4 Å². The zero-order chi connectivity index (χ0) is 24.3. The summed E-state index contributed by atoms with van der Waals surface area (Å²) in [5.41, 5.74) is 0.683. The third-order valence-electron chi connectivity index (χ3n) is 5.37. The zero-order valence-electron chi connectivity index (χ0n) is 18.6. The van der Waals surface area contributed by atoms with Crippen LogP contribution >= 0.6 is 30.3 Å². The third kappa shape index (κ3) is 4.81. The molecule has 184 valence electrons. The van der Waals surface area contributed by atoms with E-state index in [0.29, 0.717) is 11.2 Å². The molecule has 0 amide bonds. The maximum absolute atomic E-state index is 12.7. The average Bonchev–Trinajstić information content (AvgIpc) is 3.32. The number of fused-ring (bicyclic) bond motifs is 2.